The summed E-state index contributed by atoms with van der Waals surface area (Å²) in [5, 5.41) is 9.45. The van der Waals surface area contributed by atoms with Crippen LogP contribution in [0.1, 0.15) is 40.0 Å². The summed E-state index contributed by atoms with van der Waals surface area (Å²) >= 11 is 5.78. The molecule has 6 heteroatoms. The smallest absolute Gasteiger partial charge is 0.336 e. The van der Waals surface area contributed by atoms with Crippen LogP contribution in [0, 0.1) is 0 Å². The molecule has 0 atom stereocenters. The van der Waals surface area contributed by atoms with E-state index in [1.54, 1.807) is 24.3 Å². The van der Waals surface area contributed by atoms with Crippen LogP contribution in [0.4, 0.5) is 0 Å². The van der Waals surface area contributed by atoms with Gasteiger partial charge in [-0.25, -0.2) is 9.78 Å². The quantitative estimate of drug-likeness (QED) is 0.861. The molecule has 1 saturated heterocycles. The highest BCUT2D eigenvalue weighted by atomic mass is 35.5. The number of piperidine rings is 1. The van der Waals surface area contributed by atoms with E-state index in [4.69, 9.17) is 11.6 Å². The van der Waals surface area contributed by atoms with Gasteiger partial charge in [0.05, 0.1) is 5.56 Å². The molecule has 2 aromatic rings. The van der Waals surface area contributed by atoms with E-state index in [0.29, 0.717) is 16.7 Å². The topological polar surface area (TPSA) is 70.5 Å². The van der Waals surface area contributed by atoms with Crippen LogP contribution < -0.4 is 0 Å². The number of hydrogen-bond acceptors (Lipinski definition) is 3. The number of amides is 1. The van der Waals surface area contributed by atoms with Crippen molar-refractivity contribution in [2.75, 3.05) is 13.1 Å². The highest BCUT2D eigenvalue weighted by Gasteiger charge is 2.19. The minimum atomic E-state index is -1.07. The van der Waals surface area contributed by atoms with Crippen molar-refractivity contribution in [3.63, 3.8) is 0 Å². The number of pyridine rings is 1. The monoisotopic (exact) mass is 344 g/mol. The molecule has 1 aromatic heterocycles. The maximum Gasteiger partial charge on any atom is 0.336 e. The Hall–Kier alpha value is -2.40. The van der Waals surface area contributed by atoms with E-state index in [0.717, 1.165) is 25.9 Å². The third-order valence-corrected chi connectivity index (χ3v) is 4.39. The Morgan fingerprint density at radius 3 is 2.38 bits per heavy atom. The molecule has 3 rings (SSSR count). The summed E-state index contributed by atoms with van der Waals surface area (Å²) in [6.07, 6.45) is 4.70. The van der Waals surface area contributed by atoms with Crippen molar-refractivity contribution >= 4 is 23.5 Å². The first-order valence-electron chi connectivity index (χ1n) is 7.85. The number of halogens is 1. The summed E-state index contributed by atoms with van der Waals surface area (Å²) in [6, 6.07) is 8.27. The molecule has 5 nitrogen and oxygen atoms in total. The molecule has 1 fully saturated rings. The number of nitrogens with zero attached hydrogens (tertiary/aromatic N) is 2. The minimum Gasteiger partial charge on any atom is -0.478 e. The van der Waals surface area contributed by atoms with Crippen molar-refractivity contribution in [1.29, 1.82) is 0 Å². The van der Waals surface area contributed by atoms with E-state index in [-0.39, 0.29) is 16.6 Å². The predicted molar refractivity (Wildman–Crippen MR) is 91.4 cm³/mol. The largest absolute Gasteiger partial charge is 0.478 e. The first kappa shape index (κ1) is 16.5. The van der Waals surface area contributed by atoms with Crippen LogP contribution in [0.2, 0.25) is 5.15 Å². The summed E-state index contributed by atoms with van der Waals surface area (Å²) in [5.74, 6) is -1.04. The first-order chi connectivity index (χ1) is 11.6. The molecule has 24 heavy (non-hydrogen) atoms. The SMILES string of the molecule is O=C(O)c1cc(Cl)ncc1-c1ccc(C(=O)N2CCCCC2)cc1. The molecule has 1 amide bonds. The van der Waals surface area contributed by atoms with Crippen molar-refractivity contribution in [3.8, 4) is 11.1 Å². The number of carbonyl (C=O) groups is 2. The summed E-state index contributed by atoms with van der Waals surface area (Å²) in [4.78, 5) is 29.7. The number of aromatic nitrogens is 1. The third kappa shape index (κ3) is 3.41. The Morgan fingerprint density at radius 2 is 1.75 bits per heavy atom. The molecule has 0 bridgehead atoms. The maximum atomic E-state index is 12.5. The zero-order valence-electron chi connectivity index (χ0n) is 13.0. The van der Waals surface area contributed by atoms with E-state index in [1.165, 1.54) is 18.7 Å². The van der Waals surface area contributed by atoms with Crippen molar-refractivity contribution in [2.24, 2.45) is 0 Å². The second-order valence-corrected chi connectivity index (χ2v) is 6.18. The fourth-order valence-electron chi connectivity index (χ4n) is 2.91. The van der Waals surface area contributed by atoms with Gasteiger partial charge in [-0.15, -0.1) is 0 Å². The van der Waals surface area contributed by atoms with Gasteiger partial charge in [-0.05, 0) is 43.0 Å². The summed E-state index contributed by atoms with van der Waals surface area (Å²) in [7, 11) is 0. The second-order valence-electron chi connectivity index (χ2n) is 5.79. The minimum absolute atomic E-state index is 0.0222. The molecule has 1 aliphatic heterocycles. The van der Waals surface area contributed by atoms with Crippen molar-refractivity contribution in [3.05, 3.63) is 52.8 Å². The molecular weight excluding hydrogens is 328 g/mol. The van der Waals surface area contributed by atoms with Gasteiger partial charge in [0.15, 0.2) is 0 Å². The molecule has 0 saturated carbocycles. The van der Waals surface area contributed by atoms with Crippen molar-refractivity contribution < 1.29 is 14.7 Å². The summed E-state index contributed by atoms with van der Waals surface area (Å²) in [6.45, 7) is 1.59. The molecule has 0 radical (unpaired) electrons. The average Bonchev–Trinajstić information content (AvgIpc) is 2.62. The summed E-state index contributed by atoms with van der Waals surface area (Å²) in [5.41, 5.74) is 1.86. The lowest BCUT2D eigenvalue weighted by atomic mass is 10.0. The van der Waals surface area contributed by atoms with Crippen LogP contribution in [0.25, 0.3) is 11.1 Å². The number of rotatable bonds is 3. The summed E-state index contributed by atoms with van der Waals surface area (Å²) < 4.78 is 0. The van der Waals surface area contributed by atoms with Gasteiger partial charge in [0, 0.05) is 30.4 Å². The normalized spacial score (nSPS) is 14.5. The Kier molecular flexibility index (Phi) is 4.81. The highest BCUT2D eigenvalue weighted by Crippen LogP contribution is 2.26. The van der Waals surface area contributed by atoms with Gasteiger partial charge in [0.1, 0.15) is 5.15 Å². The van der Waals surface area contributed by atoms with E-state index >= 15 is 0 Å². The number of carbonyl (C=O) groups excluding carboxylic acids is 1. The van der Waals surface area contributed by atoms with Gasteiger partial charge in [0.2, 0.25) is 0 Å². The molecular formula is C18H17ClN2O3. The van der Waals surface area contributed by atoms with Crippen LogP contribution in [0.15, 0.2) is 36.5 Å². The predicted octanol–water partition coefficient (Wildman–Crippen LogP) is 3.73. The molecule has 1 aliphatic rings. The van der Waals surface area contributed by atoms with E-state index in [1.807, 2.05) is 4.90 Å². The Labute approximate surface area is 144 Å². The first-order valence-corrected chi connectivity index (χ1v) is 8.22. The zero-order valence-corrected chi connectivity index (χ0v) is 13.8. The molecule has 0 spiro atoms. The molecule has 1 aromatic carbocycles. The van der Waals surface area contributed by atoms with Crippen LogP contribution in [-0.2, 0) is 0 Å². The van der Waals surface area contributed by atoms with Gasteiger partial charge >= 0.3 is 5.97 Å². The van der Waals surface area contributed by atoms with E-state index < -0.39 is 5.97 Å². The highest BCUT2D eigenvalue weighted by molar-refractivity contribution is 6.29. The van der Waals surface area contributed by atoms with Gasteiger partial charge < -0.3 is 10.0 Å². The van der Waals surface area contributed by atoms with E-state index in [9.17, 15) is 14.7 Å². The lowest BCUT2D eigenvalue weighted by molar-refractivity contribution is 0.0694. The number of carboxylic acid groups (broad SMARTS) is 1. The lowest BCUT2D eigenvalue weighted by Crippen LogP contribution is -2.35. The average molecular weight is 345 g/mol. The number of likely N-dealkylation sites (tertiary alicyclic amines) is 1. The van der Waals surface area contributed by atoms with Gasteiger partial charge in [-0.2, -0.15) is 0 Å². The Bertz CT molecular complexity index is 768. The zero-order chi connectivity index (χ0) is 17.1. The number of aromatic carboxylic acids is 1. The Morgan fingerprint density at radius 1 is 1.08 bits per heavy atom. The fourth-order valence-corrected chi connectivity index (χ4v) is 3.07. The van der Waals surface area contributed by atoms with Gasteiger partial charge in [0.25, 0.3) is 5.91 Å². The number of hydrogen-bond donors (Lipinski definition) is 1. The van der Waals surface area contributed by atoms with E-state index in [2.05, 4.69) is 4.98 Å². The Balaban J connectivity index is 1.87. The van der Waals surface area contributed by atoms with Gasteiger partial charge in [-0.1, -0.05) is 23.7 Å². The molecule has 2 heterocycles. The van der Waals surface area contributed by atoms with Crippen molar-refractivity contribution in [2.45, 2.75) is 19.3 Å². The molecule has 1 N–H and O–H groups in total. The number of benzene rings is 1. The molecule has 0 aliphatic carbocycles. The molecule has 0 unspecified atom stereocenters. The number of carboxylic acids is 1. The standard InChI is InChI=1S/C18H17ClN2O3/c19-16-10-14(18(23)24)15(11-20-16)12-4-6-13(7-5-12)17(22)21-8-2-1-3-9-21/h4-7,10-11H,1-3,8-9H2,(H,23,24). The van der Waals surface area contributed by atoms with Crippen LogP contribution in [0.5, 0.6) is 0 Å². The van der Waals surface area contributed by atoms with Crippen LogP contribution in [-0.4, -0.2) is 40.0 Å². The lowest BCUT2D eigenvalue weighted by Gasteiger charge is -2.26. The maximum absolute atomic E-state index is 12.5. The fraction of sp³-hybridized carbons (Fsp3) is 0.278. The van der Waals surface area contributed by atoms with Crippen LogP contribution in [0.3, 0.4) is 0 Å². The van der Waals surface area contributed by atoms with Crippen molar-refractivity contribution in [1.82, 2.24) is 9.88 Å². The third-order valence-electron chi connectivity index (χ3n) is 4.19. The van der Waals surface area contributed by atoms with Gasteiger partial charge in [-0.3, -0.25) is 4.79 Å². The molecule has 124 valence electrons. The van der Waals surface area contributed by atoms with Crippen LogP contribution >= 0.6 is 11.6 Å². The second kappa shape index (κ2) is 7.01.